The van der Waals surface area contributed by atoms with Crippen molar-refractivity contribution in [3.05, 3.63) is 16.0 Å². The van der Waals surface area contributed by atoms with Crippen LogP contribution in [0.1, 0.15) is 41.1 Å². The van der Waals surface area contributed by atoms with Crippen LogP contribution in [-0.4, -0.2) is 59.6 Å². The van der Waals surface area contributed by atoms with Crippen molar-refractivity contribution in [1.29, 1.82) is 0 Å². The lowest BCUT2D eigenvalue weighted by atomic mass is 10.1. The van der Waals surface area contributed by atoms with Gasteiger partial charge in [0.05, 0.1) is 12.2 Å². The summed E-state index contributed by atoms with van der Waals surface area (Å²) in [6.07, 6.45) is 3.02. The zero-order valence-electron chi connectivity index (χ0n) is 14.6. The fourth-order valence-corrected chi connectivity index (χ4v) is 4.94. The number of fused-ring (bicyclic) bond motifs is 1. The van der Waals surface area contributed by atoms with E-state index in [1.807, 2.05) is 11.8 Å². The standard InChI is InChI=1S/C17H23N3O3S2/c1-3-23-16(22)14-12-5-4-6-13(12)25-15(14)18-17(24)20-9-7-19(8-10-20)11(2)21/h3-10H2,1-2H3,(H,18,24). The van der Waals surface area contributed by atoms with E-state index in [0.29, 0.717) is 43.5 Å². The molecule has 2 aliphatic rings. The Morgan fingerprint density at radius 1 is 1.20 bits per heavy atom. The Balaban J connectivity index is 1.71. The Morgan fingerprint density at radius 3 is 2.52 bits per heavy atom. The third-order valence-corrected chi connectivity index (χ3v) is 6.20. The monoisotopic (exact) mass is 381 g/mol. The number of hydrogen-bond acceptors (Lipinski definition) is 5. The van der Waals surface area contributed by atoms with Crippen molar-refractivity contribution >= 4 is 45.5 Å². The third kappa shape index (κ3) is 3.79. The van der Waals surface area contributed by atoms with Crippen LogP contribution in [0.3, 0.4) is 0 Å². The van der Waals surface area contributed by atoms with Gasteiger partial charge in [0.2, 0.25) is 5.91 Å². The highest BCUT2D eigenvalue weighted by Gasteiger charge is 2.29. The van der Waals surface area contributed by atoms with Gasteiger partial charge in [-0.15, -0.1) is 11.3 Å². The predicted molar refractivity (Wildman–Crippen MR) is 102 cm³/mol. The average molecular weight is 382 g/mol. The second-order valence-electron chi connectivity index (χ2n) is 6.21. The molecule has 1 aromatic heterocycles. The second kappa shape index (κ2) is 7.70. The van der Waals surface area contributed by atoms with Gasteiger partial charge in [0.25, 0.3) is 0 Å². The van der Waals surface area contributed by atoms with Crippen LogP contribution in [0, 0.1) is 0 Å². The maximum absolute atomic E-state index is 12.4. The second-order valence-corrected chi connectivity index (χ2v) is 7.70. The van der Waals surface area contributed by atoms with Crippen molar-refractivity contribution < 1.29 is 14.3 Å². The van der Waals surface area contributed by atoms with E-state index >= 15 is 0 Å². The molecule has 2 heterocycles. The first kappa shape index (κ1) is 18.1. The van der Waals surface area contributed by atoms with Crippen LogP contribution in [-0.2, 0) is 22.4 Å². The fraction of sp³-hybridized carbons (Fsp3) is 0.588. The number of carbonyl (C=O) groups excluding carboxylic acids is 2. The molecule has 0 spiro atoms. The van der Waals surface area contributed by atoms with Crippen molar-refractivity contribution in [3.8, 4) is 0 Å². The van der Waals surface area contributed by atoms with E-state index in [-0.39, 0.29) is 11.9 Å². The minimum Gasteiger partial charge on any atom is -0.462 e. The van der Waals surface area contributed by atoms with E-state index in [4.69, 9.17) is 17.0 Å². The summed E-state index contributed by atoms with van der Waals surface area (Å²) < 4.78 is 5.25. The minimum atomic E-state index is -0.270. The van der Waals surface area contributed by atoms with Gasteiger partial charge in [-0.1, -0.05) is 0 Å². The summed E-state index contributed by atoms with van der Waals surface area (Å²) in [5.41, 5.74) is 1.78. The smallest absolute Gasteiger partial charge is 0.341 e. The lowest BCUT2D eigenvalue weighted by Gasteiger charge is -2.35. The summed E-state index contributed by atoms with van der Waals surface area (Å²) in [5.74, 6) is -0.175. The molecule has 1 aromatic rings. The molecule has 1 aliphatic heterocycles. The number of thiophene rings is 1. The zero-order valence-corrected chi connectivity index (χ0v) is 16.2. The zero-order chi connectivity index (χ0) is 18.0. The molecule has 136 valence electrons. The predicted octanol–water partition coefficient (Wildman–Crippen LogP) is 2.27. The van der Waals surface area contributed by atoms with Gasteiger partial charge in [-0.25, -0.2) is 4.79 Å². The Kier molecular flexibility index (Phi) is 5.58. The fourth-order valence-electron chi connectivity index (χ4n) is 3.31. The molecule has 0 bridgehead atoms. The van der Waals surface area contributed by atoms with Gasteiger partial charge in [-0.05, 0) is 44.0 Å². The molecular formula is C17H23N3O3S2. The quantitative estimate of drug-likeness (QED) is 0.640. The van der Waals surface area contributed by atoms with Crippen molar-refractivity contribution in [2.75, 3.05) is 38.1 Å². The normalized spacial score (nSPS) is 16.6. The largest absolute Gasteiger partial charge is 0.462 e. The summed E-state index contributed by atoms with van der Waals surface area (Å²) >= 11 is 7.15. The van der Waals surface area contributed by atoms with Crippen LogP contribution >= 0.6 is 23.6 Å². The molecule has 1 saturated heterocycles. The van der Waals surface area contributed by atoms with Crippen LogP contribution in [0.25, 0.3) is 0 Å². The molecule has 0 saturated carbocycles. The van der Waals surface area contributed by atoms with Gasteiger partial charge in [-0.3, -0.25) is 4.79 Å². The molecule has 1 N–H and O–H groups in total. The molecule has 1 aliphatic carbocycles. The van der Waals surface area contributed by atoms with Gasteiger partial charge >= 0.3 is 5.97 Å². The highest BCUT2D eigenvalue weighted by molar-refractivity contribution is 7.80. The summed E-state index contributed by atoms with van der Waals surface area (Å²) in [5, 5.41) is 4.66. The lowest BCUT2D eigenvalue weighted by Crippen LogP contribution is -2.51. The van der Waals surface area contributed by atoms with Crippen molar-refractivity contribution in [3.63, 3.8) is 0 Å². The molecule has 0 atom stereocenters. The van der Waals surface area contributed by atoms with Crippen LogP contribution in [0.4, 0.5) is 5.00 Å². The van der Waals surface area contributed by atoms with E-state index < -0.39 is 0 Å². The molecular weight excluding hydrogens is 358 g/mol. The third-order valence-electron chi connectivity index (χ3n) is 4.63. The molecule has 8 heteroatoms. The molecule has 25 heavy (non-hydrogen) atoms. The van der Waals surface area contributed by atoms with E-state index in [1.54, 1.807) is 18.3 Å². The van der Waals surface area contributed by atoms with Gasteiger partial charge in [-0.2, -0.15) is 0 Å². The summed E-state index contributed by atoms with van der Waals surface area (Å²) in [6.45, 7) is 6.50. The van der Waals surface area contributed by atoms with Crippen LogP contribution in [0.5, 0.6) is 0 Å². The number of aryl methyl sites for hydroxylation is 1. The number of ether oxygens (including phenoxy) is 1. The Hall–Kier alpha value is -1.67. The van der Waals surface area contributed by atoms with Crippen molar-refractivity contribution in [2.45, 2.75) is 33.1 Å². The van der Waals surface area contributed by atoms with Gasteiger partial charge < -0.3 is 19.9 Å². The number of nitrogens with one attached hydrogen (secondary N) is 1. The van der Waals surface area contributed by atoms with E-state index in [0.717, 1.165) is 29.8 Å². The molecule has 6 nitrogen and oxygen atoms in total. The Morgan fingerprint density at radius 2 is 1.88 bits per heavy atom. The van der Waals surface area contributed by atoms with E-state index in [9.17, 15) is 9.59 Å². The summed E-state index contributed by atoms with van der Waals surface area (Å²) in [6, 6.07) is 0. The minimum absolute atomic E-state index is 0.0952. The number of anilines is 1. The number of thiocarbonyl (C=S) groups is 1. The van der Waals surface area contributed by atoms with Gasteiger partial charge in [0, 0.05) is 38.0 Å². The number of hydrogen-bond donors (Lipinski definition) is 1. The van der Waals surface area contributed by atoms with Crippen LogP contribution in [0.15, 0.2) is 0 Å². The first-order chi connectivity index (χ1) is 12.0. The topological polar surface area (TPSA) is 61.9 Å². The first-order valence-corrected chi connectivity index (χ1v) is 9.86. The number of piperazine rings is 1. The maximum atomic E-state index is 12.4. The molecule has 0 aromatic carbocycles. The number of nitrogens with zero attached hydrogens (tertiary/aromatic N) is 2. The number of amides is 1. The molecule has 1 amide bonds. The number of carbonyl (C=O) groups is 2. The highest BCUT2D eigenvalue weighted by Crippen LogP contribution is 2.39. The Bertz CT molecular complexity index is 694. The highest BCUT2D eigenvalue weighted by atomic mass is 32.1. The van der Waals surface area contributed by atoms with Crippen molar-refractivity contribution in [1.82, 2.24) is 9.80 Å². The van der Waals surface area contributed by atoms with Gasteiger partial charge in [0.15, 0.2) is 5.11 Å². The SMILES string of the molecule is CCOC(=O)c1c(NC(=S)N2CCN(C(C)=O)CC2)sc2c1CCC2. The van der Waals surface area contributed by atoms with E-state index in [1.165, 1.54) is 4.88 Å². The lowest BCUT2D eigenvalue weighted by molar-refractivity contribution is -0.130. The van der Waals surface area contributed by atoms with Crippen LogP contribution in [0.2, 0.25) is 0 Å². The summed E-state index contributed by atoms with van der Waals surface area (Å²) in [4.78, 5) is 29.0. The Labute approximate surface area is 157 Å². The van der Waals surface area contributed by atoms with Gasteiger partial charge in [0.1, 0.15) is 5.00 Å². The number of esters is 1. The van der Waals surface area contributed by atoms with Crippen molar-refractivity contribution in [2.24, 2.45) is 0 Å². The van der Waals surface area contributed by atoms with Crippen LogP contribution < -0.4 is 5.32 Å². The van der Waals surface area contributed by atoms with E-state index in [2.05, 4.69) is 10.2 Å². The number of rotatable bonds is 3. The molecule has 0 unspecified atom stereocenters. The summed E-state index contributed by atoms with van der Waals surface area (Å²) in [7, 11) is 0. The average Bonchev–Trinajstić information content (AvgIpc) is 3.15. The first-order valence-electron chi connectivity index (χ1n) is 8.64. The molecule has 1 fully saturated rings. The molecule has 3 rings (SSSR count). The molecule has 0 radical (unpaired) electrons. The maximum Gasteiger partial charge on any atom is 0.341 e.